The summed E-state index contributed by atoms with van der Waals surface area (Å²) in [4.78, 5) is 5.16. The Balaban J connectivity index is 1.28. The van der Waals surface area contributed by atoms with Crippen LogP contribution in [0.15, 0.2) is 133 Å². The first-order valence-electron chi connectivity index (χ1n) is 21.9. The summed E-state index contributed by atoms with van der Waals surface area (Å²) in [6.45, 7) is 23.7. The van der Waals surface area contributed by atoms with E-state index in [1.54, 1.807) is 0 Å². The topological polar surface area (TPSA) is 11.4 Å². The van der Waals surface area contributed by atoms with Gasteiger partial charge in [0.1, 0.15) is 0 Å². The molecule has 2 aliphatic heterocycles. The molecule has 5 aromatic carbocycles. The fourth-order valence-electron chi connectivity index (χ4n) is 10.7. The Bertz CT molecular complexity index is 2850. The average molecular weight is 774 g/mol. The summed E-state index contributed by atoms with van der Waals surface area (Å²) >= 11 is 0. The fraction of sp³-hybridized carbons (Fsp3) is 0.321. The summed E-state index contributed by atoms with van der Waals surface area (Å²) in [7, 11) is 0. The van der Waals surface area contributed by atoms with Gasteiger partial charge in [0.05, 0.1) is 22.6 Å². The Hall–Kier alpha value is -5.54. The van der Waals surface area contributed by atoms with Crippen LogP contribution in [0.2, 0.25) is 0 Å². The predicted molar refractivity (Wildman–Crippen MR) is 251 cm³/mol. The van der Waals surface area contributed by atoms with Crippen LogP contribution in [0.3, 0.4) is 0 Å². The lowest BCUT2D eigenvalue weighted by Crippen LogP contribution is -2.49. The highest BCUT2D eigenvalue weighted by atomic mass is 15.2. The van der Waals surface area contributed by atoms with Crippen LogP contribution in [0.25, 0.3) is 28.2 Å². The van der Waals surface area contributed by atoms with Crippen molar-refractivity contribution in [3.05, 3.63) is 172 Å². The highest BCUT2D eigenvalue weighted by Gasteiger charge is 2.45. The van der Waals surface area contributed by atoms with Gasteiger partial charge in [-0.25, -0.2) is 0 Å². The van der Waals surface area contributed by atoms with Gasteiger partial charge in [-0.1, -0.05) is 148 Å². The van der Waals surface area contributed by atoms with Crippen LogP contribution in [0, 0.1) is 0 Å². The second-order valence-electron chi connectivity index (χ2n) is 20.6. The Morgan fingerprint density at radius 3 is 1.85 bits per heavy atom. The van der Waals surface area contributed by atoms with E-state index in [4.69, 9.17) is 0 Å². The summed E-state index contributed by atoms with van der Waals surface area (Å²) < 4.78 is 2.70. The standard InChI is InChI=1S/C56H59N3/c1-53(2,3)36-24-28-40(29-25-36)57(38-18-13-11-14-19-38)42-32-44-45-33-43(58(39-20-15-12-16-21-39)41-30-26-37(27-31-41)54(4,5)6)35-49-51(45)59-50(44)48(34-42)55(7,8)46-22-17-23-47(52(46)59)56(49,9)10/h11-15,17-20,22-34,43H,16,21,35H2,1-10H3. The lowest BCUT2D eigenvalue weighted by molar-refractivity contribution is 0.582. The maximum absolute atomic E-state index is 2.70. The Labute approximate surface area is 351 Å². The average Bonchev–Trinajstić information content (AvgIpc) is 3.54. The maximum atomic E-state index is 2.70. The third kappa shape index (κ3) is 5.75. The number of nitrogens with zero attached hydrogens (tertiary/aromatic N) is 3. The number of fused-ring (bicyclic) bond motifs is 1. The van der Waals surface area contributed by atoms with Gasteiger partial charge >= 0.3 is 0 Å². The molecule has 3 nitrogen and oxygen atoms in total. The number of rotatable bonds is 6. The summed E-state index contributed by atoms with van der Waals surface area (Å²) in [5.74, 6) is 0. The van der Waals surface area contributed by atoms with E-state index in [1.807, 2.05) is 0 Å². The molecule has 0 N–H and O–H groups in total. The SMILES string of the molecule is CC(C)(C)c1ccc(N(c2ccccc2)c2cc3c4c(c2)c2c5n4-c4c(cccc4C3(C)C)C(C)(C)C=5CC(N(C3=CC=CCC3)c3ccc(C(C)(C)C)cc3)C=2)cc1. The molecule has 298 valence electrons. The molecule has 0 saturated carbocycles. The zero-order valence-electron chi connectivity index (χ0n) is 36.7. The third-order valence-electron chi connectivity index (χ3n) is 14.1. The van der Waals surface area contributed by atoms with E-state index >= 15 is 0 Å². The van der Waals surface area contributed by atoms with Gasteiger partial charge in [0.2, 0.25) is 0 Å². The monoisotopic (exact) mass is 773 g/mol. The summed E-state index contributed by atoms with van der Waals surface area (Å²) in [5.41, 5.74) is 17.2. The van der Waals surface area contributed by atoms with Crippen molar-refractivity contribution in [3.63, 3.8) is 0 Å². The number of aromatic nitrogens is 1. The van der Waals surface area contributed by atoms with E-state index in [0.29, 0.717) is 0 Å². The molecule has 4 aliphatic rings. The van der Waals surface area contributed by atoms with Crippen LogP contribution in [-0.4, -0.2) is 10.6 Å². The lowest BCUT2D eigenvalue weighted by Gasteiger charge is -2.44. The number of benzene rings is 5. The van der Waals surface area contributed by atoms with Gasteiger partial charge in [-0.3, -0.25) is 0 Å². The maximum Gasteiger partial charge on any atom is 0.0583 e. The molecule has 0 amide bonds. The van der Waals surface area contributed by atoms with Crippen LogP contribution < -0.4 is 20.4 Å². The van der Waals surface area contributed by atoms with Gasteiger partial charge in [0.15, 0.2) is 0 Å². The highest BCUT2D eigenvalue weighted by Crippen LogP contribution is 2.52. The zero-order chi connectivity index (χ0) is 41.2. The van der Waals surface area contributed by atoms with Gasteiger partial charge in [0.25, 0.3) is 0 Å². The second-order valence-corrected chi connectivity index (χ2v) is 20.6. The molecule has 1 atom stereocenters. The highest BCUT2D eigenvalue weighted by molar-refractivity contribution is 5.98. The van der Waals surface area contributed by atoms with Crippen molar-refractivity contribution in [1.82, 2.24) is 4.57 Å². The number of para-hydroxylation sites is 2. The minimum Gasteiger partial charge on any atom is -0.338 e. The molecule has 0 spiro atoms. The summed E-state index contributed by atoms with van der Waals surface area (Å²) in [5, 5.41) is 4.13. The third-order valence-corrected chi connectivity index (χ3v) is 14.1. The van der Waals surface area contributed by atoms with Crippen molar-refractivity contribution in [2.75, 3.05) is 9.80 Å². The van der Waals surface area contributed by atoms with E-state index in [9.17, 15) is 0 Å². The van der Waals surface area contributed by atoms with Gasteiger partial charge in [-0.05, 0) is 118 Å². The lowest BCUT2D eigenvalue weighted by atomic mass is 9.67. The van der Waals surface area contributed by atoms with Crippen molar-refractivity contribution in [1.29, 1.82) is 0 Å². The second kappa shape index (κ2) is 13.0. The number of anilines is 4. The van der Waals surface area contributed by atoms with Crippen molar-refractivity contribution in [2.45, 2.75) is 116 Å². The molecule has 0 bridgehead atoms. The number of hydrogen-bond acceptors (Lipinski definition) is 2. The smallest absolute Gasteiger partial charge is 0.0583 e. The molecule has 2 aliphatic carbocycles. The minimum absolute atomic E-state index is 0.0739. The van der Waals surface area contributed by atoms with E-state index in [2.05, 4.69) is 217 Å². The predicted octanol–water partition coefficient (Wildman–Crippen LogP) is 13.1. The van der Waals surface area contributed by atoms with Crippen molar-refractivity contribution in [2.24, 2.45) is 0 Å². The minimum atomic E-state index is -0.220. The first kappa shape index (κ1) is 37.7. The summed E-state index contributed by atoms with van der Waals surface area (Å²) in [6.07, 6.45) is 12.6. The van der Waals surface area contributed by atoms with Crippen LogP contribution in [0.5, 0.6) is 0 Å². The van der Waals surface area contributed by atoms with E-state index in [1.165, 1.54) is 83.3 Å². The van der Waals surface area contributed by atoms with Gasteiger partial charge in [0, 0.05) is 49.9 Å². The molecule has 6 aromatic rings. The molecule has 3 heterocycles. The molecule has 59 heavy (non-hydrogen) atoms. The van der Waals surface area contributed by atoms with Gasteiger partial charge in [-0.2, -0.15) is 0 Å². The molecular formula is C56H59N3. The van der Waals surface area contributed by atoms with Crippen molar-refractivity contribution < 1.29 is 0 Å². The molecular weight excluding hydrogens is 715 g/mol. The van der Waals surface area contributed by atoms with Crippen molar-refractivity contribution >= 4 is 45.3 Å². The van der Waals surface area contributed by atoms with Crippen LogP contribution in [-0.2, 0) is 21.7 Å². The van der Waals surface area contributed by atoms with E-state index < -0.39 is 0 Å². The fourth-order valence-corrected chi connectivity index (χ4v) is 10.7. The molecule has 1 unspecified atom stereocenters. The normalized spacial score (nSPS) is 18.4. The molecule has 0 saturated heterocycles. The van der Waals surface area contributed by atoms with Crippen LogP contribution >= 0.6 is 0 Å². The molecule has 0 fully saturated rings. The first-order valence-corrected chi connectivity index (χ1v) is 21.9. The largest absolute Gasteiger partial charge is 0.338 e. The van der Waals surface area contributed by atoms with Gasteiger partial charge < -0.3 is 14.4 Å². The van der Waals surface area contributed by atoms with Crippen LogP contribution in [0.1, 0.15) is 116 Å². The first-order chi connectivity index (χ1) is 28.0. The Morgan fingerprint density at radius 2 is 1.24 bits per heavy atom. The van der Waals surface area contributed by atoms with E-state index in [0.717, 1.165) is 24.9 Å². The quantitative estimate of drug-likeness (QED) is 0.167. The summed E-state index contributed by atoms with van der Waals surface area (Å²) in [6, 6.07) is 42.0. The van der Waals surface area contributed by atoms with Gasteiger partial charge in [-0.15, -0.1) is 0 Å². The Morgan fingerprint density at radius 1 is 0.627 bits per heavy atom. The molecule has 1 aromatic heterocycles. The molecule has 10 rings (SSSR count). The van der Waals surface area contributed by atoms with Crippen LogP contribution in [0.4, 0.5) is 22.7 Å². The zero-order valence-corrected chi connectivity index (χ0v) is 36.7. The number of allylic oxidation sites excluding steroid dienone is 4. The van der Waals surface area contributed by atoms with Crippen molar-refractivity contribution in [3.8, 4) is 5.69 Å². The Kier molecular flexibility index (Phi) is 8.30. The number of hydrogen-bond donors (Lipinski definition) is 0. The molecule has 3 heteroatoms. The van der Waals surface area contributed by atoms with E-state index in [-0.39, 0.29) is 27.7 Å². The molecule has 0 radical (unpaired) electrons.